The van der Waals surface area contributed by atoms with Gasteiger partial charge in [-0.1, -0.05) is 17.7 Å². The molecular formula is C13H15NO2. The Morgan fingerprint density at radius 2 is 1.88 bits per heavy atom. The Morgan fingerprint density at radius 1 is 1.19 bits per heavy atom. The minimum Gasteiger partial charge on any atom is -0.441 e. The fourth-order valence-electron chi connectivity index (χ4n) is 1.58. The van der Waals surface area contributed by atoms with Gasteiger partial charge in [-0.25, -0.2) is 4.98 Å². The van der Waals surface area contributed by atoms with Crippen molar-refractivity contribution in [2.45, 2.75) is 20.3 Å². The van der Waals surface area contributed by atoms with E-state index in [2.05, 4.69) is 4.98 Å². The van der Waals surface area contributed by atoms with Crippen molar-refractivity contribution >= 4 is 0 Å². The molecule has 3 heteroatoms. The highest BCUT2D eigenvalue weighted by molar-refractivity contribution is 5.54. The van der Waals surface area contributed by atoms with Gasteiger partial charge >= 0.3 is 0 Å². The molecule has 0 aliphatic heterocycles. The molecule has 1 aromatic carbocycles. The van der Waals surface area contributed by atoms with E-state index in [0.717, 1.165) is 17.0 Å². The minimum absolute atomic E-state index is 0.0867. The monoisotopic (exact) mass is 217 g/mol. The summed E-state index contributed by atoms with van der Waals surface area (Å²) in [6.45, 7) is 4.03. The molecule has 0 fully saturated rings. The van der Waals surface area contributed by atoms with E-state index in [1.165, 1.54) is 5.56 Å². The van der Waals surface area contributed by atoms with Crippen LogP contribution in [0, 0.1) is 13.8 Å². The minimum atomic E-state index is 0.0867. The molecule has 3 nitrogen and oxygen atoms in total. The van der Waals surface area contributed by atoms with Gasteiger partial charge in [0, 0.05) is 12.0 Å². The lowest BCUT2D eigenvalue weighted by Gasteiger charge is -1.96. The maximum absolute atomic E-state index is 8.87. The van der Waals surface area contributed by atoms with Gasteiger partial charge < -0.3 is 9.52 Å². The molecule has 0 aliphatic rings. The standard InChI is InChI=1S/C13H15NO2/c1-9-3-5-11(6-4-9)13-14-10(2)12(16-13)7-8-15/h3-6,15H,7-8H2,1-2H3. The van der Waals surface area contributed by atoms with Crippen LogP contribution in [0.5, 0.6) is 0 Å². The van der Waals surface area contributed by atoms with Crippen LogP contribution in [0.4, 0.5) is 0 Å². The molecule has 0 atom stereocenters. The van der Waals surface area contributed by atoms with Gasteiger partial charge in [-0.05, 0) is 26.0 Å². The van der Waals surface area contributed by atoms with Gasteiger partial charge in [0.2, 0.25) is 5.89 Å². The Balaban J connectivity index is 2.33. The van der Waals surface area contributed by atoms with Crippen molar-refractivity contribution in [2.75, 3.05) is 6.61 Å². The number of benzene rings is 1. The second-order valence-corrected chi connectivity index (χ2v) is 3.87. The summed E-state index contributed by atoms with van der Waals surface area (Å²) in [6.07, 6.45) is 0.519. The van der Waals surface area contributed by atoms with Gasteiger partial charge in [0.25, 0.3) is 0 Å². The molecular weight excluding hydrogens is 202 g/mol. The number of hydrogen-bond donors (Lipinski definition) is 1. The van der Waals surface area contributed by atoms with E-state index in [0.29, 0.717) is 12.3 Å². The molecule has 1 aromatic heterocycles. The summed E-state index contributed by atoms with van der Waals surface area (Å²) in [7, 11) is 0. The third-order valence-corrected chi connectivity index (χ3v) is 2.53. The summed E-state index contributed by atoms with van der Waals surface area (Å²) in [5, 5.41) is 8.87. The lowest BCUT2D eigenvalue weighted by Crippen LogP contribution is -1.89. The van der Waals surface area contributed by atoms with Crippen molar-refractivity contribution in [3.63, 3.8) is 0 Å². The first-order valence-corrected chi connectivity index (χ1v) is 5.35. The van der Waals surface area contributed by atoms with Crippen molar-refractivity contribution in [1.29, 1.82) is 0 Å². The van der Waals surface area contributed by atoms with Gasteiger partial charge in [0.15, 0.2) is 0 Å². The van der Waals surface area contributed by atoms with Crippen LogP contribution in [-0.4, -0.2) is 16.7 Å². The second-order valence-electron chi connectivity index (χ2n) is 3.87. The maximum atomic E-state index is 8.87. The van der Waals surface area contributed by atoms with Crippen LogP contribution < -0.4 is 0 Å². The highest BCUT2D eigenvalue weighted by atomic mass is 16.4. The van der Waals surface area contributed by atoms with Gasteiger partial charge in [-0.2, -0.15) is 0 Å². The SMILES string of the molecule is Cc1ccc(-c2nc(C)c(CCO)o2)cc1. The molecule has 0 aliphatic carbocycles. The van der Waals surface area contributed by atoms with Crippen molar-refractivity contribution < 1.29 is 9.52 Å². The Labute approximate surface area is 94.8 Å². The van der Waals surface area contributed by atoms with E-state index < -0.39 is 0 Å². The van der Waals surface area contributed by atoms with Gasteiger partial charge in [0.1, 0.15) is 5.76 Å². The number of rotatable bonds is 3. The summed E-state index contributed by atoms with van der Waals surface area (Å²) >= 11 is 0. The van der Waals surface area contributed by atoms with Crippen LogP contribution in [0.3, 0.4) is 0 Å². The largest absolute Gasteiger partial charge is 0.441 e. The van der Waals surface area contributed by atoms with Crippen LogP contribution >= 0.6 is 0 Å². The normalized spacial score (nSPS) is 10.7. The van der Waals surface area contributed by atoms with E-state index in [4.69, 9.17) is 9.52 Å². The quantitative estimate of drug-likeness (QED) is 0.859. The smallest absolute Gasteiger partial charge is 0.226 e. The first kappa shape index (κ1) is 10.9. The Kier molecular flexibility index (Phi) is 3.06. The highest BCUT2D eigenvalue weighted by Gasteiger charge is 2.10. The molecule has 84 valence electrons. The zero-order valence-electron chi connectivity index (χ0n) is 9.53. The van der Waals surface area contributed by atoms with E-state index in [9.17, 15) is 0 Å². The molecule has 2 aromatic rings. The molecule has 0 unspecified atom stereocenters. The summed E-state index contributed by atoms with van der Waals surface area (Å²) in [4.78, 5) is 4.35. The molecule has 0 bridgehead atoms. The summed E-state index contributed by atoms with van der Waals surface area (Å²) in [6, 6.07) is 8.04. The molecule has 16 heavy (non-hydrogen) atoms. The second kappa shape index (κ2) is 4.49. The summed E-state index contributed by atoms with van der Waals surface area (Å²) in [5.41, 5.74) is 3.03. The van der Waals surface area contributed by atoms with Crippen LogP contribution in [0.1, 0.15) is 17.0 Å². The Hall–Kier alpha value is -1.61. The third-order valence-electron chi connectivity index (χ3n) is 2.53. The van der Waals surface area contributed by atoms with Crippen LogP contribution in [-0.2, 0) is 6.42 Å². The fourth-order valence-corrected chi connectivity index (χ4v) is 1.58. The van der Waals surface area contributed by atoms with Crippen molar-refractivity contribution in [1.82, 2.24) is 4.98 Å². The number of nitrogens with zero attached hydrogens (tertiary/aromatic N) is 1. The lowest BCUT2D eigenvalue weighted by atomic mass is 10.1. The number of aryl methyl sites for hydroxylation is 2. The molecule has 0 amide bonds. The van der Waals surface area contributed by atoms with Crippen LogP contribution in [0.25, 0.3) is 11.5 Å². The number of oxazole rings is 1. The maximum Gasteiger partial charge on any atom is 0.226 e. The van der Waals surface area contributed by atoms with Gasteiger partial charge in [-0.3, -0.25) is 0 Å². The zero-order chi connectivity index (χ0) is 11.5. The van der Waals surface area contributed by atoms with Crippen LogP contribution in [0.15, 0.2) is 28.7 Å². The van der Waals surface area contributed by atoms with Crippen molar-refractivity contribution in [3.8, 4) is 11.5 Å². The summed E-state index contributed by atoms with van der Waals surface area (Å²) in [5.74, 6) is 1.39. The van der Waals surface area contributed by atoms with Crippen LogP contribution in [0.2, 0.25) is 0 Å². The Bertz CT molecular complexity index is 471. The predicted octanol–water partition coefficient (Wildman–Crippen LogP) is 2.49. The number of aromatic nitrogens is 1. The predicted molar refractivity (Wildman–Crippen MR) is 62.2 cm³/mol. The van der Waals surface area contributed by atoms with E-state index in [1.54, 1.807) is 0 Å². The summed E-state index contributed by atoms with van der Waals surface area (Å²) < 4.78 is 5.61. The average Bonchev–Trinajstić information content (AvgIpc) is 2.62. The molecule has 2 rings (SSSR count). The van der Waals surface area contributed by atoms with E-state index >= 15 is 0 Å². The highest BCUT2D eigenvalue weighted by Crippen LogP contribution is 2.22. The lowest BCUT2D eigenvalue weighted by molar-refractivity contribution is 0.288. The number of aliphatic hydroxyl groups is 1. The first-order chi connectivity index (χ1) is 7.70. The van der Waals surface area contributed by atoms with Crippen molar-refractivity contribution in [3.05, 3.63) is 41.3 Å². The molecule has 0 saturated heterocycles. The molecule has 1 N–H and O–H groups in total. The first-order valence-electron chi connectivity index (χ1n) is 5.35. The average molecular weight is 217 g/mol. The van der Waals surface area contributed by atoms with E-state index in [1.807, 2.05) is 38.1 Å². The molecule has 0 radical (unpaired) electrons. The van der Waals surface area contributed by atoms with Crippen molar-refractivity contribution in [2.24, 2.45) is 0 Å². The number of aliphatic hydroxyl groups excluding tert-OH is 1. The molecule has 0 saturated carbocycles. The number of hydrogen-bond acceptors (Lipinski definition) is 3. The third kappa shape index (κ3) is 2.14. The van der Waals surface area contributed by atoms with Gasteiger partial charge in [0.05, 0.1) is 12.3 Å². The zero-order valence-corrected chi connectivity index (χ0v) is 9.53. The topological polar surface area (TPSA) is 46.3 Å². The van der Waals surface area contributed by atoms with E-state index in [-0.39, 0.29) is 6.61 Å². The van der Waals surface area contributed by atoms with Gasteiger partial charge in [-0.15, -0.1) is 0 Å². The molecule has 0 spiro atoms. The molecule has 1 heterocycles. The fraction of sp³-hybridized carbons (Fsp3) is 0.308. The Morgan fingerprint density at radius 3 is 2.50 bits per heavy atom.